The molecule has 0 spiro atoms. The Hall–Kier alpha value is -2.66. The number of carbonyl (C=O) groups is 1. The van der Waals surface area contributed by atoms with E-state index in [0.717, 1.165) is 36.1 Å². The Morgan fingerprint density at radius 2 is 1.79 bits per heavy atom. The van der Waals surface area contributed by atoms with Crippen LogP contribution in [-0.4, -0.2) is 56.5 Å². The normalized spacial score (nSPS) is 31.3. The van der Waals surface area contributed by atoms with Gasteiger partial charge in [-0.2, -0.15) is 0 Å². The summed E-state index contributed by atoms with van der Waals surface area (Å²) in [6.45, 7) is 4.84. The number of hydrogen-bond donors (Lipinski definition) is 0. The van der Waals surface area contributed by atoms with Gasteiger partial charge in [-0.3, -0.25) is 9.69 Å². The predicted molar refractivity (Wildman–Crippen MR) is 131 cm³/mol. The lowest BCUT2D eigenvalue weighted by molar-refractivity contribution is -0.136. The van der Waals surface area contributed by atoms with Crippen LogP contribution in [0.1, 0.15) is 44.0 Å². The minimum atomic E-state index is 0.187. The summed E-state index contributed by atoms with van der Waals surface area (Å²) in [5, 5.41) is 0. The van der Waals surface area contributed by atoms with Crippen LogP contribution >= 0.6 is 0 Å². The summed E-state index contributed by atoms with van der Waals surface area (Å²) in [7, 11) is 2.31. The topological polar surface area (TPSA) is 41.4 Å². The van der Waals surface area contributed by atoms with Crippen molar-refractivity contribution in [2.45, 2.75) is 76.7 Å². The Bertz CT molecular complexity index is 1190. The van der Waals surface area contributed by atoms with Crippen molar-refractivity contribution in [2.75, 3.05) is 7.05 Å². The van der Waals surface area contributed by atoms with Gasteiger partial charge in [-0.15, -0.1) is 0 Å². The Morgan fingerprint density at radius 3 is 2.61 bits per heavy atom. The molecule has 0 radical (unpaired) electrons. The van der Waals surface area contributed by atoms with Gasteiger partial charge in [0.05, 0.1) is 11.0 Å². The molecule has 3 aromatic rings. The number of hydrogen-bond acceptors (Lipinski definition) is 3. The molecule has 3 heterocycles. The second-order valence-corrected chi connectivity index (χ2v) is 10.7. The molecular formula is C28H34N4O. The molecule has 2 bridgehead atoms. The van der Waals surface area contributed by atoms with Gasteiger partial charge in [0.2, 0.25) is 5.91 Å². The molecule has 5 heteroatoms. The van der Waals surface area contributed by atoms with Gasteiger partial charge in [-0.1, -0.05) is 49.4 Å². The summed E-state index contributed by atoms with van der Waals surface area (Å²) < 4.78 is 2.11. The van der Waals surface area contributed by atoms with Crippen LogP contribution in [0, 0.1) is 12.3 Å². The highest BCUT2D eigenvalue weighted by atomic mass is 16.2. The summed E-state index contributed by atoms with van der Waals surface area (Å²) in [5.41, 5.74) is 3.57. The Morgan fingerprint density at radius 1 is 1.06 bits per heavy atom. The maximum Gasteiger partial charge on any atom is 0.243 e. The van der Waals surface area contributed by atoms with E-state index in [1.54, 1.807) is 0 Å². The third-order valence-corrected chi connectivity index (χ3v) is 8.99. The van der Waals surface area contributed by atoms with E-state index in [-0.39, 0.29) is 17.4 Å². The molecule has 0 N–H and O–H groups in total. The molecule has 6 rings (SSSR count). The molecule has 1 aliphatic carbocycles. The zero-order chi connectivity index (χ0) is 22.7. The number of fused-ring (bicyclic) bond motifs is 2. The predicted octanol–water partition coefficient (Wildman–Crippen LogP) is 4.43. The minimum Gasteiger partial charge on any atom is -0.333 e. The van der Waals surface area contributed by atoms with Gasteiger partial charge in [-0.05, 0) is 63.8 Å². The molecule has 33 heavy (non-hydrogen) atoms. The van der Waals surface area contributed by atoms with E-state index < -0.39 is 0 Å². The number of amides is 1. The third kappa shape index (κ3) is 3.16. The van der Waals surface area contributed by atoms with Crippen molar-refractivity contribution in [3.05, 3.63) is 66.0 Å². The molecule has 5 nitrogen and oxygen atoms in total. The van der Waals surface area contributed by atoms with Crippen LogP contribution in [0.4, 0.5) is 0 Å². The highest BCUT2D eigenvalue weighted by Crippen LogP contribution is 2.56. The quantitative estimate of drug-likeness (QED) is 0.600. The van der Waals surface area contributed by atoms with Crippen LogP contribution in [0.5, 0.6) is 0 Å². The van der Waals surface area contributed by atoms with Crippen molar-refractivity contribution in [2.24, 2.45) is 5.41 Å². The maximum atomic E-state index is 14.1. The van der Waals surface area contributed by atoms with Crippen LogP contribution < -0.4 is 0 Å². The number of carbonyl (C=O) groups excluding carboxylic acids is 1. The maximum absolute atomic E-state index is 14.1. The lowest BCUT2D eigenvalue weighted by Crippen LogP contribution is -2.59. The number of rotatable bonds is 4. The van der Waals surface area contributed by atoms with Crippen molar-refractivity contribution in [1.29, 1.82) is 0 Å². The molecule has 2 aliphatic heterocycles. The fourth-order valence-electron chi connectivity index (χ4n) is 7.49. The van der Waals surface area contributed by atoms with Gasteiger partial charge in [0, 0.05) is 29.6 Å². The highest BCUT2D eigenvalue weighted by Gasteiger charge is 2.62. The number of piperidine rings is 1. The number of benzene rings is 2. The second kappa shape index (κ2) is 7.69. The summed E-state index contributed by atoms with van der Waals surface area (Å²) in [6, 6.07) is 20.5. The van der Waals surface area contributed by atoms with Crippen molar-refractivity contribution in [3.8, 4) is 0 Å². The molecular weight excluding hydrogens is 408 g/mol. The van der Waals surface area contributed by atoms with E-state index in [4.69, 9.17) is 4.98 Å². The standard InChI is InChI=1S/C28H34N4O/c1-19-29-21-12-7-8-13-22(21)31(19)18-27(33)32-24-17-28(2)25(14-9-15-26(28)32)30(3)23(24)16-20-10-5-4-6-11-20/h4-8,10-13,23-26H,9,14-18H2,1-3H3/t23-,24+,25-,26+,28-/m1/s1. The van der Waals surface area contributed by atoms with E-state index in [1.807, 2.05) is 25.1 Å². The minimum absolute atomic E-state index is 0.187. The number of likely N-dealkylation sites (tertiary alicyclic amines) is 2. The molecule has 2 saturated heterocycles. The Balaban J connectivity index is 1.36. The molecule has 172 valence electrons. The molecule has 3 aliphatic rings. The van der Waals surface area contributed by atoms with E-state index >= 15 is 0 Å². The van der Waals surface area contributed by atoms with E-state index in [1.165, 1.54) is 18.4 Å². The van der Waals surface area contributed by atoms with Crippen LogP contribution in [-0.2, 0) is 17.8 Å². The average molecular weight is 443 g/mol. The highest BCUT2D eigenvalue weighted by molar-refractivity contribution is 5.82. The summed E-state index contributed by atoms with van der Waals surface area (Å²) >= 11 is 0. The smallest absolute Gasteiger partial charge is 0.243 e. The van der Waals surface area contributed by atoms with Crippen molar-refractivity contribution in [1.82, 2.24) is 19.4 Å². The zero-order valence-corrected chi connectivity index (χ0v) is 19.9. The van der Waals surface area contributed by atoms with Gasteiger partial charge in [0.1, 0.15) is 12.4 Å². The number of aryl methyl sites for hydroxylation is 1. The number of imidazole rings is 1. The van der Waals surface area contributed by atoms with Crippen LogP contribution in [0.3, 0.4) is 0 Å². The summed E-state index contributed by atoms with van der Waals surface area (Å²) in [4.78, 5) is 23.7. The van der Waals surface area contributed by atoms with Gasteiger partial charge in [0.15, 0.2) is 0 Å². The summed E-state index contributed by atoms with van der Waals surface area (Å²) in [6.07, 6.45) is 5.70. The number of aromatic nitrogens is 2. The van der Waals surface area contributed by atoms with Gasteiger partial charge >= 0.3 is 0 Å². The lowest BCUT2D eigenvalue weighted by Gasteiger charge is -2.51. The van der Waals surface area contributed by atoms with Gasteiger partial charge < -0.3 is 9.47 Å². The van der Waals surface area contributed by atoms with Crippen LogP contribution in [0.25, 0.3) is 11.0 Å². The monoisotopic (exact) mass is 442 g/mol. The molecule has 3 fully saturated rings. The lowest BCUT2D eigenvalue weighted by atomic mass is 9.64. The number of nitrogens with zero attached hydrogens (tertiary/aromatic N) is 4. The number of likely N-dealkylation sites (N-methyl/N-ethyl adjacent to an activating group) is 1. The molecule has 2 aromatic carbocycles. The second-order valence-electron chi connectivity index (χ2n) is 10.7. The molecule has 1 aromatic heterocycles. The van der Waals surface area contributed by atoms with Crippen molar-refractivity contribution < 1.29 is 4.79 Å². The molecule has 0 unspecified atom stereocenters. The first-order valence-electron chi connectivity index (χ1n) is 12.5. The van der Waals surface area contributed by atoms with E-state index in [2.05, 4.69) is 64.7 Å². The fraction of sp³-hybridized carbons (Fsp3) is 0.500. The first kappa shape index (κ1) is 20.9. The average Bonchev–Trinajstić information content (AvgIpc) is 3.30. The van der Waals surface area contributed by atoms with Crippen LogP contribution in [0.15, 0.2) is 54.6 Å². The first-order chi connectivity index (χ1) is 16.0. The SMILES string of the molecule is Cc1nc2ccccc2n1CC(=O)N1[C@H]2CCC[C@H]3N(C)[C@H](Cc4ccccc4)[C@@H]1C[C@@]23C. The van der Waals surface area contributed by atoms with Gasteiger partial charge in [-0.25, -0.2) is 4.98 Å². The Labute approximate surface area is 196 Å². The number of para-hydroxylation sites is 2. The van der Waals surface area contributed by atoms with E-state index in [0.29, 0.717) is 24.7 Å². The van der Waals surface area contributed by atoms with Crippen molar-refractivity contribution >= 4 is 16.9 Å². The largest absolute Gasteiger partial charge is 0.333 e. The van der Waals surface area contributed by atoms with Crippen LogP contribution in [0.2, 0.25) is 0 Å². The zero-order valence-electron chi connectivity index (χ0n) is 19.9. The third-order valence-electron chi connectivity index (χ3n) is 8.99. The Kier molecular flexibility index (Phi) is 4.88. The first-order valence-corrected chi connectivity index (χ1v) is 12.5. The van der Waals surface area contributed by atoms with E-state index in [9.17, 15) is 4.79 Å². The fourth-order valence-corrected chi connectivity index (χ4v) is 7.49. The van der Waals surface area contributed by atoms with Crippen molar-refractivity contribution in [3.63, 3.8) is 0 Å². The summed E-state index contributed by atoms with van der Waals surface area (Å²) in [5.74, 6) is 1.17. The molecule has 1 amide bonds. The molecule has 5 atom stereocenters. The van der Waals surface area contributed by atoms with Gasteiger partial charge in [0.25, 0.3) is 0 Å². The molecule has 1 saturated carbocycles.